The van der Waals surface area contributed by atoms with Crippen LogP contribution >= 0.6 is 23.8 Å². The van der Waals surface area contributed by atoms with Gasteiger partial charge in [-0.25, -0.2) is 0 Å². The molecule has 0 radical (unpaired) electrons. The minimum Gasteiger partial charge on any atom is -0.374 e. The van der Waals surface area contributed by atoms with Crippen LogP contribution in [0.15, 0.2) is 42.5 Å². The molecule has 3 nitrogen and oxygen atoms in total. The number of nitrogens with one attached hydrogen (secondary N) is 2. The molecule has 2 unspecified atom stereocenters. The topological polar surface area (TPSA) is 41.1 Å². The van der Waals surface area contributed by atoms with Crippen LogP contribution < -0.4 is 10.6 Å². The van der Waals surface area contributed by atoms with E-state index in [1.165, 1.54) is 24.3 Å². The fourth-order valence-corrected chi connectivity index (χ4v) is 3.82. The summed E-state index contributed by atoms with van der Waals surface area (Å²) in [7, 11) is 0. The second kappa shape index (κ2) is 8.63. The number of thiocarbonyl (C=S) groups is 1. The van der Waals surface area contributed by atoms with Crippen LogP contribution in [-0.4, -0.2) is 35.1 Å². The summed E-state index contributed by atoms with van der Waals surface area (Å²) in [4.78, 5) is 13.1. The Bertz CT molecular complexity index is 898. The monoisotopic (exact) mass is 466 g/mol. The van der Waals surface area contributed by atoms with Gasteiger partial charge in [-0.3, -0.25) is 4.79 Å². The van der Waals surface area contributed by atoms with Gasteiger partial charge in [0.15, 0.2) is 0 Å². The Hall–Kier alpha value is -2.00. The van der Waals surface area contributed by atoms with E-state index in [0.29, 0.717) is 0 Å². The zero-order valence-electron chi connectivity index (χ0n) is 16.3. The van der Waals surface area contributed by atoms with Crippen molar-refractivity contribution in [1.82, 2.24) is 10.6 Å². The van der Waals surface area contributed by atoms with Crippen LogP contribution in [0.25, 0.3) is 0 Å². The number of amides is 1. The van der Waals surface area contributed by atoms with E-state index in [1.807, 2.05) is 13.8 Å². The largest absolute Gasteiger partial charge is 0.454 e. The molecule has 1 amide bonds. The lowest BCUT2D eigenvalue weighted by Crippen LogP contribution is -2.59. The van der Waals surface area contributed by atoms with Gasteiger partial charge in [0.25, 0.3) is 5.91 Å². The quantitative estimate of drug-likeness (QED) is 0.448. The van der Waals surface area contributed by atoms with Crippen molar-refractivity contribution in [2.45, 2.75) is 45.0 Å². The molecule has 0 aliphatic heterocycles. The van der Waals surface area contributed by atoms with Crippen LogP contribution in [0.3, 0.4) is 0 Å². The fraction of sp³-hybridized carbons (Fsp3) is 0.400. The fourth-order valence-electron chi connectivity index (χ4n) is 3.04. The number of hydrogen-bond acceptors (Lipinski definition) is 2. The molecule has 0 fully saturated rings. The van der Waals surface area contributed by atoms with Crippen molar-refractivity contribution in [3.05, 3.63) is 58.7 Å². The van der Waals surface area contributed by atoms with Crippen LogP contribution in [0.4, 0.5) is 22.0 Å². The summed E-state index contributed by atoms with van der Waals surface area (Å²) < 4.78 is 67.8. The van der Waals surface area contributed by atoms with E-state index in [1.54, 1.807) is 0 Å². The molecule has 0 spiro atoms. The number of rotatable bonds is 5. The maximum Gasteiger partial charge on any atom is 0.454 e. The number of carbonyl (C=O) groups is 1. The van der Waals surface area contributed by atoms with Crippen molar-refractivity contribution < 1.29 is 26.7 Å². The predicted octanol–water partition coefficient (Wildman–Crippen LogP) is 5.44. The first-order valence-corrected chi connectivity index (χ1v) is 9.72. The van der Waals surface area contributed by atoms with E-state index in [9.17, 15) is 26.7 Å². The molecule has 0 saturated carbocycles. The van der Waals surface area contributed by atoms with E-state index in [4.69, 9.17) is 23.8 Å². The first kappa shape index (κ1) is 24.3. The molecular weight excluding hydrogens is 447 g/mol. The van der Waals surface area contributed by atoms with Crippen LogP contribution in [0.5, 0.6) is 0 Å². The zero-order valence-corrected chi connectivity index (χ0v) is 17.9. The Labute approximate surface area is 181 Å². The van der Waals surface area contributed by atoms with Crippen molar-refractivity contribution in [2.24, 2.45) is 5.41 Å². The molecule has 164 valence electrons. The Morgan fingerprint density at radius 3 is 2.40 bits per heavy atom. The third-order valence-corrected chi connectivity index (χ3v) is 5.36. The van der Waals surface area contributed by atoms with Gasteiger partial charge in [0.05, 0.1) is 22.0 Å². The molecule has 2 N–H and O–H groups in total. The highest BCUT2D eigenvalue weighted by Crippen LogP contribution is 2.52. The van der Waals surface area contributed by atoms with Gasteiger partial charge < -0.3 is 10.6 Å². The first-order valence-electron chi connectivity index (χ1n) is 8.93. The lowest BCUT2D eigenvalue weighted by molar-refractivity contribution is -0.317. The number of halogens is 6. The van der Waals surface area contributed by atoms with Crippen LogP contribution in [0.1, 0.15) is 36.7 Å². The van der Waals surface area contributed by atoms with E-state index in [0.717, 1.165) is 25.2 Å². The van der Waals surface area contributed by atoms with Gasteiger partial charge in [-0.2, -0.15) is 22.0 Å². The Morgan fingerprint density at radius 1 is 1.20 bits per heavy atom. The number of carbonyl (C=O) groups excluding carboxylic acids is 1. The molecule has 2 rings (SSSR count). The highest BCUT2D eigenvalue weighted by Gasteiger charge is 2.69. The molecule has 0 aromatic heterocycles. The molecule has 30 heavy (non-hydrogen) atoms. The van der Waals surface area contributed by atoms with Crippen LogP contribution in [0.2, 0.25) is 5.02 Å². The standard InChI is InChI=1S/C20H20ClF5N2OS/c1-11(2)27-17(30)15-12(7-6-8-13(15)21)16(29)28-14-9-4-5-10-18(14,3)19(22,23)20(24,25)26/h4-11,14H,1-3H3,(H,27,30)(H,28,29). The van der Waals surface area contributed by atoms with Gasteiger partial charge in [-0.1, -0.05) is 54.2 Å². The summed E-state index contributed by atoms with van der Waals surface area (Å²) in [5.41, 5.74) is -2.60. The lowest BCUT2D eigenvalue weighted by Gasteiger charge is -2.42. The van der Waals surface area contributed by atoms with Crippen LogP contribution in [-0.2, 0) is 0 Å². The van der Waals surface area contributed by atoms with Crippen molar-refractivity contribution in [1.29, 1.82) is 0 Å². The van der Waals surface area contributed by atoms with E-state index in [-0.39, 0.29) is 27.2 Å². The highest BCUT2D eigenvalue weighted by molar-refractivity contribution is 7.80. The lowest BCUT2D eigenvalue weighted by atomic mass is 9.73. The Kier molecular flexibility index (Phi) is 6.98. The van der Waals surface area contributed by atoms with Crippen molar-refractivity contribution in [3.8, 4) is 0 Å². The number of benzene rings is 1. The summed E-state index contributed by atoms with van der Waals surface area (Å²) in [5.74, 6) is -5.97. The molecule has 10 heteroatoms. The number of alkyl halides is 5. The van der Waals surface area contributed by atoms with Crippen molar-refractivity contribution in [2.75, 3.05) is 0 Å². The van der Waals surface area contributed by atoms with E-state index < -0.39 is 29.5 Å². The first-order chi connectivity index (χ1) is 13.7. The Morgan fingerprint density at radius 2 is 1.83 bits per heavy atom. The molecular formula is C20H20ClF5N2OS. The summed E-state index contributed by atoms with van der Waals surface area (Å²) in [6.07, 6.45) is -1.58. The third-order valence-electron chi connectivity index (χ3n) is 4.73. The molecule has 1 aliphatic carbocycles. The second-order valence-corrected chi connectivity index (χ2v) is 8.16. The van der Waals surface area contributed by atoms with Gasteiger partial charge in [0.2, 0.25) is 0 Å². The van der Waals surface area contributed by atoms with Gasteiger partial charge in [0, 0.05) is 11.6 Å². The third kappa shape index (κ3) is 4.51. The van der Waals surface area contributed by atoms with Crippen LogP contribution in [0, 0.1) is 5.41 Å². The molecule has 1 aromatic carbocycles. The minimum atomic E-state index is -5.80. The molecule has 2 atom stereocenters. The van der Waals surface area contributed by atoms with E-state index in [2.05, 4.69) is 10.6 Å². The smallest absolute Gasteiger partial charge is 0.374 e. The molecule has 1 aliphatic rings. The molecule has 1 aromatic rings. The van der Waals surface area contributed by atoms with Crippen molar-refractivity contribution in [3.63, 3.8) is 0 Å². The van der Waals surface area contributed by atoms with Crippen molar-refractivity contribution >= 4 is 34.7 Å². The maximum absolute atomic E-state index is 14.3. The zero-order chi connectivity index (χ0) is 22.9. The molecule has 0 saturated heterocycles. The van der Waals surface area contributed by atoms with E-state index >= 15 is 0 Å². The highest BCUT2D eigenvalue weighted by atomic mass is 35.5. The van der Waals surface area contributed by atoms with Gasteiger partial charge >= 0.3 is 12.1 Å². The SMILES string of the molecule is CC(C)NC(=S)c1c(Cl)cccc1C(=O)NC1C=CC=CC1(C)C(F)(F)C(F)(F)F. The second-order valence-electron chi connectivity index (χ2n) is 7.34. The minimum absolute atomic E-state index is 0.0405. The summed E-state index contributed by atoms with van der Waals surface area (Å²) in [6, 6.07) is 2.60. The summed E-state index contributed by atoms with van der Waals surface area (Å²) in [5, 5.41) is 5.35. The summed E-state index contributed by atoms with van der Waals surface area (Å²) >= 11 is 11.5. The Balaban J connectivity index is 2.42. The maximum atomic E-state index is 14.3. The van der Waals surface area contributed by atoms with Gasteiger partial charge in [-0.15, -0.1) is 0 Å². The normalized spacial score (nSPS) is 21.6. The number of hydrogen-bond donors (Lipinski definition) is 2. The van der Waals surface area contributed by atoms with Gasteiger partial charge in [-0.05, 0) is 32.9 Å². The van der Waals surface area contributed by atoms with Gasteiger partial charge in [0.1, 0.15) is 4.99 Å². The predicted molar refractivity (Wildman–Crippen MR) is 110 cm³/mol. The average molecular weight is 467 g/mol. The average Bonchev–Trinajstić information content (AvgIpc) is 2.61. The number of allylic oxidation sites excluding steroid dienone is 2. The molecule has 0 heterocycles. The molecule has 0 bridgehead atoms. The summed E-state index contributed by atoms with van der Waals surface area (Å²) in [6.45, 7) is 4.37.